The van der Waals surface area contributed by atoms with Gasteiger partial charge in [0.15, 0.2) is 11.0 Å². The Balaban J connectivity index is 2.87. The minimum Gasteiger partial charge on any atom is -0.355 e. The van der Waals surface area contributed by atoms with Crippen LogP contribution in [0.2, 0.25) is 0 Å². The van der Waals surface area contributed by atoms with Gasteiger partial charge in [0.05, 0.1) is 0 Å². The SMILES string of the molecule is CCCCc1nc(SCC(CC)NC=O)n(C(=O)N(C)C)n1. The fourth-order valence-corrected chi connectivity index (χ4v) is 2.84. The predicted molar refractivity (Wildman–Crippen MR) is 87.1 cm³/mol. The van der Waals surface area contributed by atoms with Crippen LogP contribution in [0, 0.1) is 0 Å². The summed E-state index contributed by atoms with van der Waals surface area (Å²) < 4.78 is 1.35. The van der Waals surface area contributed by atoms with Gasteiger partial charge in [-0.15, -0.1) is 5.10 Å². The van der Waals surface area contributed by atoms with E-state index in [0.29, 0.717) is 23.1 Å². The molecule has 1 aromatic rings. The monoisotopic (exact) mass is 327 g/mol. The molecule has 2 amide bonds. The molecule has 0 aliphatic carbocycles. The van der Waals surface area contributed by atoms with Crippen LogP contribution in [0.15, 0.2) is 5.16 Å². The first kappa shape index (κ1) is 18.5. The van der Waals surface area contributed by atoms with Crippen molar-refractivity contribution in [2.24, 2.45) is 0 Å². The highest BCUT2D eigenvalue weighted by Gasteiger charge is 2.19. The van der Waals surface area contributed by atoms with Crippen molar-refractivity contribution in [1.82, 2.24) is 25.0 Å². The zero-order valence-electron chi connectivity index (χ0n) is 13.7. The number of carbonyl (C=O) groups is 2. The average Bonchev–Trinajstić information content (AvgIpc) is 2.91. The highest BCUT2D eigenvalue weighted by atomic mass is 32.2. The van der Waals surface area contributed by atoms with Crippen LogP contribution >= 0.6 is 11.8 Å². The Bertz CT molecular complexity index is 490. The zero-order chi connectivity index (χ0) is 16.5. The third-order valence-electron chi connectivity index (χ3n) is 3.15. The smallest absolute Gasteiger partial charge is 0.346 e. The van der Waals surface area contributed by atoms with Gasteiger partial charge in [0.2, 0.25) is 6.41 Å². The number of aromatic nitrogens is 3. The molecule has 0 bridgehead atoms. The molecule has 0 saturated heterocycles. The number of nitrogens with zero attached hydrogens (tertiary/aromatic N) is 4. The molecule has 0 aromatic carbocycles. The molecule has 0 aliphatic rings. The maximum absolute atomic E-state index is 12.2. The first-order valence-electron chi connectivity index (χ1n) is 7.53. The van der Waals surface area contributed by atoms with E-state index in [1.165, 1.54) is 21.3 Å². The number of thioether (sulfide) groups is 1. The van der Waals surface area contributed by atoms with Crippen LogP contribution in [0.4, 0.5) is 4.79 Å². The largest absolute Gasteiger partial charge is 0.355 e. The van der Waals surface area contributed by atoms with Gasteiger partial charge in [0.25, 0.3) is 0 Å². The van der Waals surface area contributed by atoms with Gasteiger partial charge in [-0.1, -0.05) is 32.0 Å². The number of unbranched alkanes of at least 4 members (excludes halogenated alkanes) is 1. The molecule has 1 unspecified atom stereocenters. The maximum Gasteiger partial charge on any atom is 0.346 e. The molecule has 1 aromatic heterocycles. The van der Waals surface area contributed by atoms with Crippen molar-refractivity contribution in [3.05, 3.63) is 5.82 Å². The Hall–Kier alpha value is -1.57. The van der Waals surface area contributed by atoms with Gasteiger partial charge in [-0.3, -0.25) is 4.79 Å². The van der Waals surface area contributed by atoms with Gasteiger partial charge in [-0.25, -0.2) is 9.78 Å². The highest BCUT2D eigenvalue weighted by molar-refractivity contribution is 7.99. The summed E-state index contributed by atoms with van der Waals surface area (Å²) in [5, 5.41) is 7.66. The lowest BCUT2D eigenvalue weighted by molar-refractivity contribution is -0.110. The second-order valence-corrected chi connectivity index (χ2v) is 6.19. The van der Waals surface area contributed by atoms with E-state index in [9.17, 15) is 9.59 Å². The number of nitrogens with one attached hydrogen (secondary N) is 1. The van der Waals surface area contributed by atoms with E-state index in [-0.39, 0.29) is 12.1 Å². The molecule has 7 nitrogen and oxygen atoms in total. The summed E-state index contributed by atoms with van der Waals surface area (Å²) in [4.78, 5) is 28.7. The molecule has 0 spiro atoms. The van der Waals surface area contributed by atoms with E-state index in [4.69, 9.17) is 0 Å². The quantitative estimate of drug-likeness (QED) is 0.552. The molecule has 8 heteroatoms. The van der Waals surface area contributed by atoms with Gasteiger partial charge >= 0.3 is 6.03 Å². The number of hydrogen-bond donors (Lipinski definition) is 1. The molecule has 0 fully saturated rings. The minimum absolute atomic E-state index is 0.0567. The van der Waals surface area contributed by atoms with E-state index in [1.807, 2.05) is 6.92 Å². The summed E-state index contributed by atoms with van der Waals surface area (Å²) in [7, 11) is 3.37. The number of aryl methyl sites for hydroxylation is 1. The summed E-state index contributed by atoms with van der Waals surface area (Å²) in [5.74, 6) is 1.35. The van der Waals surface area contributed by atoms with Crippen molar-refractivity contribution in [1.29, 1.82) is 0 Å². The first-order valence-corrected chi connectivity index (χ1v) is 8.52. The van der Waals surface area contributed by atoms with Crippen molar-refractivity contribution < 1.29 is 9.59 Å². The summed E-state index contributed by atoms with van der Waals surface area (Å²) in [6.45, 7) is 4.11. The third-order valence-corrected chi connectivity index (χ3v) is 4.24. The van der Waals surface area contributed by atoms with Crippen LogP contribution in [-0.2, 0) is 11.2 Å². The van der Waals surface area contributed by atoms with Crippen LogP contribution in [-0.4, -0.2) is 58.0 Å². The first-order chi connectivity index (χ1) is 10.5. The molecule has 0 aliphatic heterocycles. The maximum atomic E-state index is 12.2. The van der Waals surface area contributed by atoms with Crippen molar-refractivity contribution in [2.75, 3.05) is 19.8 Å². The van der Waals surface area contributed by atoms with Crippen LogP contribution in [0.25, 0.3) is 0 Å². The fourth-order valence-electron chi connectivity index (χ4n) is 1.74. The topological polar surface area (TPSA) is 80.1 Å². The van der Waals surface area contributed by atoms with E-state index in [0.717, 1.165) is 25.7 Å². The second-order valence-electron chi connectivity index (χ2n) is 5.20. The second kappa shape index (κ2) is 9.45. The Morgan fingerprint density at radius 2 is 2.18 bits per heavy atom. The van der Waals surface area contributed by atoms with E-state index in [1.54, 1.807) is 14.1 Å². The minimum atomic E-state index is -0.214. The molecular formula is C14H25N5O2S. The molecule has 1 atom stereocenters. The third kappa shape index (κ3) is 5.32. The average molecular weight is 327 g/mol. The van der Waals surface area contributed by atoms with Crippen molar-refractivity contribution in [3.8, 4) is 0 Å². The standard InChI is InChI=1S/C14H25N5O2S/c1-5-7-8-12-16-13(19(17-12)14(21)18(3)4)22-9-11(6-2)15-10-20/h10-11H,5-9H2,1-4H3,(H,15,20). The van der Waals surface area contributed by atoms with Crippen molar-refractivity contribution in [3.63, 3.8) is 0 Å². The Morgan fingerprint density at radius 1 is 1.45 bits per heavy atom. The lowest BCUT2D eigenvalue weighted by atomic mass is 10.2. The van der Waals surface area contributed by atoms with Crippen LogP contribution in [0.5, 0.6) is 0 Å². The molecule has 1 heterocycles. The summed E-state index contributed by atoms with van der Waals surface area (Å²) in [5.41, 5.74) is 0. The van der Waals surface area contributed by atoms with Gasteiger partial charge in [0, 0.05) is 32.3 Å². The lowest BCUT2D eigenvalue weighted by Crippen LogP contribution is -2.31. The predicted octanol–water partition coefficient (Wildman–Crippen LogP) is 1.77. The number of carbonyl (C=O) groups excluding carboxylic acids is 2. The molecule has 0 saturated carbocycles. The van der Waals surface area contributed by atoms with Gasteiger partial charge in [-0.2, -0.15) is 4.68 Å². The fraction of sp³-hybridized carbons (Fsp3) is 0.714. The molecule has 1 rings (SSSR count). The molecule has 124 valence electrons. The lowest BCUT2D eigenvalue weighted by Gasteiger charge is -2.14. The van der Waals surface area contributed by atoms with E-state index < -0.39 is 0 Å². The molecule has 22 heavy (non-hydrogen) atoms. The Morgan fingerprint density at radius 3 is 2.73 bits per heavy atom. The van der Waals surface area contributed by atoms with E-state index >= 15 is 0 Å². The zero-order valence-corrected chi connectivity index (χ0v) is 14.5. The molecular weight excluding hydrogens is 302 g/mol. The van der Waals surface area contributed by atoms with Crippen molar-refractivity contribution >= 4 is 24.2 Å². The van der Waals surface area contributed by atoms with Gasteiger partial charge in [0.1, 0.15) is 0 Å². The van der Waals surface area contributed by atoms with E-state index in [2.05, 4.69) is 22.3 Å². The molecule has 1 N–H and O–H groups in total. The highest BCUT2D eigenvalue weighted by Crippen LogP contribution is 2.19. The molecule has 0 radical (unpaired) electrons. The van der Waals surface area contributed by atoms with Crippen LogP contribution in [0.1, 0.15) is 38.9 Å². The number of amides is 2. The number of hydrogen-bond acceptors (Lipinski definition) is 5. The van der Waals surface area contributed by atoms with Gasteiger partial charge in [-0.05, 0) is 12.8 Å². The van der Waals surface area contributed by atoms with Crippen molar-refractivity contribution in [2.45, 2.75) is 50.7 Å². The summed E-state index contributed by atoms with van der Waals surface area (Å²) >= 11 is 1.44. The van der Waals surface area contributed by atoms with Gasteiger partial charge < -0.3 is 10.2 Å². The number of rotatable bonds is 9. The summed E-state index contributed by atoms with van der Waals surface area (Å²) in [6.07, 6.45) is 4.34. The normalized spacial score (nSPS) is 12.0. The van der Waals surface area contributed by atoms with Crippen LogP contribution < -0.4 is 5.32 Å². The Kier molecular flexibility index (Phi) is 7.94. The Labute approximate surface area is 135 Å². The van der Waals surface area contributed by atoms with Crippen LogP contribution in [0.3, 0.4) is 0 Å². The summed E-state index contributed by atoms with van der Waals surface area (Å²) in [6, 6.07) is -0.157.